The maximum atomic E-state index is 10.6. The standard InChI is InChI=1S/C16H25ClO/c1-7-15(3,4)12-9-11(17)10-13(14(12)18)16(5,6)8-2/h9-10,18H,7-8H2,1-6H3. The summed E-state index contributed by atoms with van der Waals surface area (Å²) in [6, 6.07) is 3.80. The van der Waals surface area contributed by atoms with Crippen LogP contribution in [0.1, 0.15) is 65.5 Å². The molecule has 2 heteroatoms. The molecule has 0 aliphatic carbocycles. The van der Waals surface area contributed by atoms with E-state index in [1.54, 1.807) is 0 Å². The number of hydrogen-bond acceptors (Lipinski definition) is 1. The lowest BCUT2D eigenvalue weighted by atomic mass is 9.76. The molecule has 102 valence electrons. The van der Waals surface area contributed by atoms with Crippen LogP contribution >= 0.6 is 11.6 Å². The molecule has 0 aliphatic rings. The van der Waals surface area contributed by atoms with Crippen molar-refractivity contribution in [1.29, 1.82) is 0 Å². The van der Waals surface area contributed by atoms with E-state index in [0.29, 0.717) is 10.8 Å². The van der Waals surface area contributed by atoms with Crippen LogP contribution in [-0.2, 0) is 10.8 Å². The molecule has 1 N–H and O–H groups in total. The molecule has 0 saturated heterocycles. The molecule has 1 aromatic rings. The van der Waals surface area contributed by atoms with Gasteiger partial charge in [-0.25, -0.2) is 0 Å². The smallest absolute Gasteiger partial charge is 0.123 e. The van der Waals surface area contributed by atoms with Gasteiger partial charge in [0.1, 0.15) is 5.75 Å². The van der Waals surface area contributed by atoms with E-state index in [1.807, 2.05) is 12.1 Å². The molecule has 0 fully saturated rings. The average Bonchev–Trinajstić information content (AvgIpc) is 2.31. The lowest BCUT2D eigenvalue weighted by molar-refractivity contribution is 0.400. The van der Waals surface area contributed by atoms with Gasteiger partial charge in [-0.2, -0.15) is 0 Å². The van der Waals surface area contributed by atoms with Crippen LogP contribution in [0.5, 0.6) is 5.75 Å². The van der Waals surface area contributed by atoms with Gasteiger partial charge >= 0.3 is 0 Å². The predicted octanol–water partition coefficient (Wildman–Crippen LogP) is 5.42. The van der Waals surface area contributed by atoms with Crippen LogP contribution in [0, 0.1) is 0 Å². The Morgan fingerprint density at radius 1 is 0.944 bits per heavy atom. The van der Waals surface area contributed by atoms with Crippen molar-refractivity contribution in [3.05, 3.63) is 28.3 Å². The molecule has 1 aromatic carbocycles. The van der Waals surface area contributed by atoms with Crippen molar-refractivity contribution in [3.8, 4) is 5.75 Å². The van der Waals surface area contributed by atoms with Crippen molar-refractivity contribution < 1.29 is 5.11 Å². The van der Waals surface area contributed by atoms with Crippen LogP contribution < -0.4 is 0 Å². The van der Waals surface area contributed by atoms with Gasteiger partial charge in [0.15, 0.2) is 0 Å². The van der Waals surface area contributed by atoms with E-state index in [1.165, 1.54) is 0 Å². The fourth-order valence-electron chi connectivity index (χ4n) is 2.01. The van der Waals surface area contributed by atoms with Crippen molar-refractivity contribution in [2.75, 3.05) is 0 Å². The summed E-state index contributed by atoms with van der Waals surface area (Å²) < 4.78 is 0. The van der Waals surface area contributed by atoms with E-state index >= 15 is 0 Å². The molecule has 0 aliphatic heterocycles. The third kappa shape index (κ3) is 2.83. The van der Waals surface area contributed by atoms with Crippen molar-refractivity contribution >= 4 is 11.6 Å². The molecule has 1 nitrogen and oxygen atoms in total. The number of phenols is 1. The zero-order chi connectivity index (χ0) is 14.1. The predicted molar refractivity (Wildman–Crippen MR) is 79.8 cm³/mol. The van der Waals surface area contributed by atoms with Gasteiger partial charge in [-0.15, -0.1) is 0 Å². The first-order valence-corrected chi connectivity index (χ1v) is 7.07. The maximum Gasteiger partial charge on any atom is 0.123 e. The molecule has 1 rings (SSSR count). The summed E-state index contributed by atoms with van der Waals surface area (Å²) in [4.78, 5) is 0. The highest BCUT2D eigenvalue weighted by molar-refractivity contribution is 6.30. The Morgan fingerprint density at radius 3 is 1.56 bits per heavy atom. The molecule has 0 saturated carbocycles. The van der Waals surface area contributed by atoms with E-state index < -0.39 is 0 Å². The second-order valence-corrected chi connectivity index (χ2v) is 6.76. The lowest BCUT2D eigenvalue weighted by Gasteiger charge is -2.30. The summed E-state index contributed by atoms with van der Waals surface area (Å²) in [6.45, 7) is 12.8. The minimum Gasteiger partial charge on any atom is -0.507 e. The van der Waals surface area contributed by atoms with E-state index in [-0.39, 0.29) is 10.8 Å². The first-order chi connectivity index (χ1) is 8.15. The third-order valence-corrected chi connectivity index (χ3v) is 4.52. The van der Waals surface area contributed by atoms with Gasteiger partial charge < -0.3 is 5.11 Å². The minimum absolute atomic E-state index is 0.0619. The first kappa shape index (κ1) is 15.4. The second kappa shape index (κ2) is 5.13. The van der Waals surface area contributed by atoms with Gasteiger partial charge in [-0.05, 0) is 35.8 Å². The second-order valence-electron chi connectivity index (χ2n) is 6.32. The topological polar surface area (TPSA) is 20.2 Å². The van der Waals surface area contributed by atoms with Crippen LogP contribution in [0.2, 0.25) is 5.02 Å². The van der Waals surface area contributed by atoms with Crippen molar-refractivity contribution in [2.45, 2.75) is 65.2 Å². The van der Waals surface area contributed by atoms with Crippen LogP contribution in [0.15, 0.2) is 12.1 Å². The largest absolute Gasteiger partial charge is 0.507 e. The van der Waals surface area contributed by atoms with Gasteiger partial charge in [0.2, 0.25) is 0 Å². The van der Waals surface area contributed by atoms with Crippen LogP contribution in [0.3, 0.4) is 0 Å². The van der Waals surface area contributed by atoms with Crippen LogP contribution in [-0.4, -0.2) is 5.11 Å². The Bertz CT molecular complexity index is 396. The Balaban J connectivity index is 3.50. The average molecular weight is 269 g/mol. The molecular weight excluding hydrogens is 244 g/mol. The molecule has 0 aromatic heterocycles. The normalized spacial score (nSPS) is 12.8. The van der Waals surface area contributed by atoms with Gasteiger partial charge in [0, 0.05) is 16.1 Å². The summed E-state index contributed by atoms with van der Waals surface area (Å²) in [7, 11) is 0. The minimum atomic E-state index is -0.0619. The van der Waals surface area contributed by atoms with Gasteiger partial charge in [0.05, 0.1) is 0 Å². The lowest BCUT2D eigenvalue weighted by Crippen LogP contribution is -2.20. The molecule has 0 bridgehead atoms. The number of benzene rings is 1. The molecule has 0 amide bonds. The number of rotatable bonds is 4. The highest BCUT2D eigenvalue weighted by atomic mass is 35.5. The van der Waals surface area contributed by atoms with Gasteiger partial charge in [-0.3, -0.25) is 0 Å². The van der Waals surface area contributed by atoms with Crippen molar-refractivity contribution in [2.24, 2.45) is 0 Å². The Labute approximate surface area is 116 Å². The zero-order valence-electron chi connectivity index (χ0n) is 12.4. The Morgan fingerprint density at radius 2 is 1.28 bits per heavy atom. The quantitative estimate of drug-likeness (QED) is 0.773. The number of aromatic hydroxyl groups is 1. The molecule has 0 unspecified atom stereocenters. The Hall–Kier alpha value is -0.690. The Kier molecular flexibility index (Phi) is 4.38. The maximum absolute atomic E-state index is 10.6. The molecule has 18 heavy (non-hydrogen) atoms. The van der Waals surface area contributed by atoms with Gasteiger partial charge in [0.25, 0.3) is 0 Å². The summed E-state index contributed by atoms with van der Waals surface area (Å²) in [5, 5.41) is 11.3. The fourth-order valence-corrected chi connectivity index (χ4v) is 2.23. The summed E-state index contributed by atoms with van der Waals surface area (Å²) in [5.41, 5.74) is 1.78. The van der Waals surface area contributed by atoms with Crippen LogP contribution in [0.4, 0.5) is 0 Å². The van der Waals surface area contributed by atoms with E-state index in [9.17, 15) is 5.11 Å². The van der Waals surface area contributed by atoms with E-state index in [2.05, 4.69) is 41.5 Å². The van der Waals surface area contributed by atoms with Crippen molar-refractivity contribution in [3.63, 3.8) is 0 Å². The molecular formula is C16H25ClO. The fraction of sp³-hybridized carbons (Fsp3) is 0.625. The molecule has 0 heterocycles. The summed E-state index contributed by atoms with van der Waals surface area (Å²) in [5.74, 6) is 0.415. The highest BCUT2D eigenvalue weighted by Crippen LogP contribution is 2.43. The summed E-state index contributed by atoms with van der Waals surface area (Å²) in [6.07, 6.45) is 1.93. The van der Waals surface area contributed by atoms with Crippen LogP contribution in [0.25, 0.3) is 0 Å². The summed E-state index contributed by atoms with van der Waals surface area (Å²) >= 11 is 6.24. The van der Waals surface area contributed by atoms with Crippen molar-refractivity contribution in [1.82, 2.24) is 0 Å². The highest BCUT2D eigenvalue weighted by Gasteiger charge is 2.29. The zero-order valence-corrected chi connectivity index (χ0v) is 13.2. The third-order valence-electron chi connectivity index (χ3n) is 4.30. The monoisotopic (exact) mass is 268 g/mol. The van der Waals surface area contributed by atoms with Gasteiger partial charge in [-0.1, -0.05) is 53.1 Å². The molecule has 0 spiro atoms. The SMILES string of the molecule is CCC(C)(C)c1cc(Cl)cc(C(C)(C)CC)c1O. The number of phenolic OH excluding ortho intramolecular Hbond substituents is 1. The molecule has 0 radical (unpaired) electrons. The number of halogens is 1. The van der Waals surface area contributed by atoms with E-state index in [4.69, 9.17) is 11.6 Å². The number of hydrogen-bond donors (Lipinski definition) is 1. The molecule has 0 atom stereocenters. The van der Waals surface area contributed by atoms with E-state index in [0.717, 1.165) is 24.0 Å². The first-order valence-electron chi connectivity index (χ1n) is 6.69.